The van der Waals surface area contributed by atoms with E-state index in [1.165, 1.54) is 0 Å². The Kier molecular flexibility index (Phi) is 6.29. The molecule has 0 aliphatic heterocycles. The molecule has 1 unspecified atom stereocenters. The smallest absolute Gasteiger partial charge is 0.0467 e. The number of hydrogen-bond acceptors (Lipinski definition) is 2. The van der Waals surface area contributed by atoms with E-state index in [0.29, 0.717) is 5.92 Å². The van der Waals surface area contributed by atoms with Crippen molar-refractivity contribution >= 4 is 0 Å². The Balaban J connectivity index is 3.39. The van der Waals surface area contributed by atoms with Crippen LogP contribution in [0.2, 0.25) is 0 Å². The van der Waals surface area contributed by atoms with E-state index in [1.807, 2.05) is 6.08 Å². The van der Waals surface area contributed by atoms with Gasteiger partial charge < -0.3 is 10.5 Å². The van der Waals surface area contributed by atoms with Crippen LogP contribution >= 0.6 is 0 Å². The van der Waals surface area contributed by atoms with E-state index in [9.17, 15) is 0 Å². The average molecular weight is 143 g/mol. The minimum atomic E-state index is 0.588. The summed E-state index contributed by atoms with van der Waals surface area (Å²) < 4.78 is 4.95. The third kappa shape index (κ3) is 4.39. The molecule has 0 bridgehead atoms. The first-order chi connectivity index (χ1) is 4.85. The van der Waals surface area contributed by atoms with E-state index in [2.05, 4.69) is 6.92 Å². The van der Waals surface area contributed by atoms with Gasteiger partial charge in [0.1, 0.15) is 0 Å². The van der Waals surface area contributed by atoms with Gasteiger partial charge in [-0.1, -0.05) is 13.0 Å². The first-order valence-electron chi connectivity index (χ1n) is 3.72. The lowest BCUT2D eigenvalue weighted by Crippen LogP contribution is -2.00. The lowest BCUT2D eigenvalue weighted by atomic mass is 10.0. The molecule has 0 aromatic heterocycles. The molecular formula is C8H17NO. The molecule has 0 amide bonds. The van der Waals surface area contributed by atoms with Gasteiger partial charge in [0, 0.05) is 13.7 Å². The molecule has 0 saturated carbocycles. The van der Waals surface area contributed by atoms with E-state index < -0.39 is 0 Å². The molecule has 0 aliphatic carbocycles. The van der Waals surface area contributed by atoms with Crippen molar-refractivity contribution in [2.24, 2.45) is 11.7 Å². The molecule has 0 aliphatic rings. The molecule has 60 valence electrons. The fraction of sp³-hybridized carbons (Fsp3) is 0.750. The van der Waals surface area contributed by atoms with Crippen LogP contribution in [0.4, 0.5) is 0 Å². The van der Waals surface area contributed by atoms with Crippen LogP contribution in [-0.4, -0.2) is 13.7 Å². The van der Waals surface area contributed by atoms with Crippen LogP contribution in [0.15, 0.2) is 12.3 Å². The van der Waals surface area contributed by atoms with Crippen molar-refractivity contribution in [2.75, 3.05) is 13.7 Å². The number of hydrogen-bond donors (Lipinski definition) is 1. The van der Waals surface area contributed by atoms with E-state index >= 15 is 0 Å². The van der Waals surface area contributed by atoms with Crippen molar-refractivity contribution in [3.63, 3.8) is 0 Å². The Morgan fingerprint density at radius 3 is 2.70 bits per heavy atom. The predicted molar refractivity (Wildman–Crippen MR) is 43.6 cm³/mol. The normalized spacial score (nSPS) is 14.2. The van der Waals surface area contributed by atoms with Crippen molar-refractivity contribution in [3.8, 4) is 0 Å². The molecule has 2 nitrogen and oxygen atoms in total. The molecule has 0 rings (SSSR count). The number of methoxy groups -OCH3 is 1. The van der Waals surface area contributed by atoms with Gasteiger partial charge in [-0.15, -0.1) is 0 Å². The SMILES string of the molecule is CCC(C=CN)CCOC. The first kappa shape index (κ1) is 9.50. The highest BCUT2D eigenvalue weighted by Gasteiger charge is 1.99. The van der Waals surface area contributed by atoms with Crippen molar-refractivity contribution in [2.45, 2.75) is 19.8 Å². The van der Waals surface area contributed by atoms with Gasteiger partial charge >= 0.3 is 0 Å². The van der Waals surface area contributed by atoms with Gasteiger partial charge in [0.15, 0.2) is 0 Å². The van der Waals surface area contributed by atoms with Crippen LogP contribution in [0, 0.1) is 5.92 Å². The zero-order chi connectivity index (χ0) is 7.82. The average Bonchev–Trinajstić information content (AvgIpc) is 1.98. The Hall–Kier alpha value is -0.500. The van der Waals surface area contributed by atoms with E-state index in [0.717, 1.165) is 19.4 Å². The predicted octanol–water partition coefficient (Wildman–Crippen LogP) is 1.52. The lowest BCUT2D eigenvalue weighted by Gasteiger charge is -2.07. The zero-order valence-corrected chi connectivity index (χ0v) is 6.84. The molecule has 0 aromatic carbocycles. The van der Waals surface area contributed by atoms with Gasteiger partial charge in [0.05, 0.1) is 0 Å². The van der Waals surface area contributed by atoms with Crippen molar-refractivity contribution in [1.82, 2.24) is 0 Å². The molecule has 1 atom stereocenters. The molecule has 0 radical (unpaired) electrons. The second kappa shape index (κ2) is 6.62. The zero-order valence-electron chi connectivity index (χ0n) is 6.84. The highest BCUT2D eigenvalue weighted by molar-refractivity contribution is 4.83. The quantitative estimate of drug-likeness (QED) is 0.633. The topological polar surface area (TPSA) is 35.2 Å². The Morgan fingerprint density at radius 2 is 2.30 bits per heavy atom. The van der Waals surface area contributed by atoms with Crippen LogP contribution in [0.1, 0.15) is 19.8 Å². The van der Waals surface area contributed by atoms with Gasteiger partial charge in [-0.05, 0) is 25.0 Å². The van der Waals surface area contributed by atoms with Crippen LogP contribution in [0.3, 0.4) is 0 Å². The Labute approximate surface area is 63.1 Å². The van der Waals surface area contributed by atoms with Crippen molar-refractivity contribution < 1.29 is 4.74 Å². The highest BCUT2D eigenvalue weighted by Crippen LogP contribution is 2.08. The molecule has 2 heteroatoms. The Bertz CT molecular complexity index is 91.3. The summed E-state index contributed by atoms with van der Waals surface area (Å²) in [5, 5.41) is 0. The Morgan fingerprint density at radius 1 is 1.60 bits per heavy atom. The van der Waals surface area contributed by atoms with Crippen molar-refractivity contribution in [3.05, 3.63) is 12.3 Å². The van der Waals surface area contributed by atoms with E-state index in [-0.39, 0.29) is 0 Å². The second-order valence-electron chi connectivity index (χ2n) is 2.33. The molecule has 0 aromatic rings. The van der Waals surface area contributed by atoms with E-state index in [4.69, 9.17) is 10.5 Å². The third-order valence-electron chi connectivity index (χ3n) is 1.60. The summed E-state index contributed by atoms with van der Waals surface area (Å²) in [7, 11) is 1.72. The first-order valence-corrected chi connectivity index (χ1v) is 3.72. The summed E-state index contributed by atoms with van der Waals surface area (Å²) in [6.45, 7) is 2.98. The summed E-state index contributed by atoms with van der Waals surface area (Å²) in [6.07, 6.45) is 5.85. The largest absolute Gasteiger partial charge is 0.405 e. The van der Waals surface area contributed by atoms with E-state index in [1.54, 1.807) is 13.3 Å². The van der Waals surface area contributed by atoms with Gasteiger partial charge in [-0.25, -0.2) is 0 Å². The maximum atomic E-state index is 5.26. The molecular weight excluding hydrogens is 126 g/mol. The number of allylic oxidation sites excluding steroid dienone is 1. The minimum Gasteiger partial charge on any atom is -0.405 e. The van der Waals surface area contributed by atoms with Gasteiger partial charge in [-0.2, -0.15) is 0 Å². The fourth-order valence-electron chi connectivity index (χ4n) is 0.863. The highest BCUT2D eigenvalue weighted by atomic mass is 16.5. The summed E-state index contributed by atoms with van der Waals surface area (Å²) in [4.78, 5) is 0. The summed E-state index contributed by atoms with van der Waals surface area (Å²) in [5.74, 6) is 0.588. The van der Waals surface area contributed by atoms with Gasteiger partial charge in [0.25, 0.3) is 0 Å². The summed E-state index contributed by atoms with van der Waals surface area (Å²) in [5.41, 5.74) is 5.26. The number of nitrogens with two attached hydrogens (primary N) is 1. The molecule has 2 N–H and O–H groups in total. The maximum absolute atomic E-state index is 5.26. The standard InChI is InChI=1S/C8H17NO/c1-3-8(4-6-9)5-7-10-2/h4,6,8H,3,5,7,9H2,1-2H3. The van der Waals surface area contributed by atoms with Gasteiger partial charge in [0.2, 0.25) is 0 Å². The van der Waals surface area contributed by atoms with Crippen LogP contribution in [0.5, 0.6) is 0 Å². The maximum Gasteiger partial charge on any atom is 0.0467 e. The third-order valence-corrected chi connectivity index (χ3v) is 1.60. The molecule has 0 spiro atoms. The summed E-state index contributed by atoms with van der Waals surface area (Å²) in [6, 6.07) is 0. The minimum absolute atomic E-state index is 0.588. The summed E-state index contributed by atoms with van der Waals surface area (Å²) >= 11 is 0. The number of ether oxygens (including phenoxy) is 1. The lowest BCUT2D eigenvalue weighted by molar-refractivity contribution is 0.183. The van der Waals surface area contributed by atoms with Gasteiger partial charge in [-0.3, -0.25) is 0 Å². The fourth-order valence-corrected chi connectivity index (χ4v) is 0.863. The van der Waals surface area contributed by atoms with Crippen LogP contribution < -0.4 is 5.73 Å². The molecule has 10 heavy (non-hydrogen) atoms. The molecule has 0 saturated heterocycles. The monoisotopic (exact) mass is 143 g/mol. The second-order valence-corrected chi connectivity index (χ2v) is 2.33. The van der Waals surface area contributed by atoms with Crippen molar-refractivity contribution in [1.29, 1.82) is 0 Å². The van der Waals surface area contributed by atoms with Crippen LogP contribution in [0.25, 0.3) is 0 Å². The molecule has 0 heterocycles. The van der Waals surface area contributed by atoms with Crippen LogP contribution in [-0.2, 0) is 4.74 Å². The molecule has 0 fully saturated rings. The number of rotatable bonds is 5.